The molecule has 0 aliphatic rings. The number of thioether (sulfide) groups is 1. The average molecular weight is 325 g/mol. The molecule has 3 nitrogen and oxygen atoms in total. The van der Waals surface area contributed by atoms with Crippen molar-refractivity contribution >= 4 is 17.7 Å². The third-order valence-corrected chi connectivity index (χ3v) is 4.57. The number of unbranched alkanes of at least 4 members (excludes halogenated alkanes) is 1. The van der Waals surface area contributed by atoms with E-state index in [2.05, 4.69) is 35.1 Å². The lowest BCUT2D eigenvalue weighted by molar-refractivity contribution is -0.140. The average Bonchev–Trinajstić information content (AvgIpc) is 2.62. The fourth-order valence-corrected chi connectivity index (χ4v) is 3.06. The van der Waals surface area contributed by atoms with Crippen LogP contribution in [0.15, 0.2) is 53.4 Å². The third kappa shape index (κ3) is 5.46. The summed E-state index contributed by atoms with van der Waals surface area (Å²) in [6.45, 7) is 0. The molecule has 0 heterocycles. The zero-order valence-electron chi connectivity index (χ0n) is 13.1. The topological polar surface area (TPSA) is 50.1 Å². The summed E-state index contributed by atoms with van der Waals surface area (Å²) in [5.74, 6) is 0.856. The van der Waals surface area contributed by atoms with Crippen LogP contribution in [0.3, 0.4) is 0 Å². The Labute approximate surface area is 141 Å². The fourth-order valence-electron chi connectivity index (χ4n) is 2.14. The number of carbonyl (C=O) groups excluding carboxylic acids is 1. The van der Waals surface area contributed by atoms with Gasteiger partial charge in [-0.25, -0.2) is 0 Å². The van der Waals surface area contributed by atoms with Crippen molar-refractivity contribution in [1.82, 2.24) is 0 Å². The van der Waals surface area contributed by atoms with Gasteiger partial charge in [0, 0.05) is 11.3 Å². The Hall–Kier alpha value is -2.25. The normalized spacial score (nSPS) is 10.1. The summed E-state index contributed by atoms with van der Waals surface area (Å²) in [4.78, 5) is 12.2. The number of hydrogen-bond donors (Lipinski definition) is 0. The second-order valence-electron chi connectivity index (χ2n) is 5.10. The van der Waals surface area contributed by atoms with Crippen LogP contribution in [-0.4, -0.2) is 18.8 Å². The van der Waals surface area contributed by atoms with Gasteiger partial charge in [0.1, 0.15) is 0 Å². The van der Waals surface area contributed by atoms with Gasteiger partial charge >= 0.3 is 5.97 Å². The third-order valence-electron chi connectivity index (χ3n) is 3.47. The van der Waals surface area contributed by atoms with Gasteiger partial charge in [0.25, 0.3) is 0 Å². The summed E-state index contributed by atoms with van der Waals surface area (Å²) in [5, 5.41) is 8.82. The van der Waals surface area contributed by atoms with Gasteiger partial charge < -0.3 is 4.74 Å². The highest BCUT2D eigenvalue weighted by atomic mass is 32.2. The summed E-state index contributed by atoms with van der Waals surface area (Å²) in [6.07, 6.45) is 2.36. The predicted octanol–water partition coefficient (Wildman–Crippen LogP) is 4.66. The number of ether oxygens (including phenoxy) is 1. The first kappa shape index (κ1) is 17.1. The van der Waals surface area contributed by atoms with Gasteiger partial charge in [-0.1, -0.05) is 24.3 Å². The Bertz CT molecular complexity index is 672. The Balaban J connectivity index is 1.82. The molecule has 0 aromatic heterocycles. The molecule has 0 fully saturated rings. The number of rotatable bonds is 7. The van der Waals surface area contributed by atoms with E-state index in [4.69, 9.17) is 5.26 Å². The minimum atomic E-state index is -0.137. The first-order valence-corrected chi connectivity index (χ1v) is 8.51. The quantitative estimate of drug-likeness (QED) is 0.422. The lowest BCUT2D eigenvalue weighted by Gasteiger charge is -2.05. The predicted molar refractivity (Wildman–Crippen MR) is 93.2 cm³/mol. The molecule has 2 aromatic rings. The molecular weight excluding hydrogens is 306 g/mol. The summed E-state index contributed by atoms with van der Waals surface area (Å²) in [7, 11) is 1.42. The van der Waals surface area contributed by atoms with Crippen LogP contribution in [0.4, 0.5) is 0 Å². The van der Waals surface area contributed by atoms with E-state index in [0.29, 0.717) is 12.0 Å². The van der Waals surface area contributed by atoms with E-state index >= 15 is 0 Å². The van der Waals surface area contributed by atoms with Crippen molar-refractivity contribution < 1.29 is 9.53 Å². The molecule has 0 aliphatic heterocycles. The molecule has 0 atom stereocenters. The van der Waals surface area contributed by atoms with Crippen LogP contribution >= 0.6 is 11.8 Å². The number of methoxy groups -OCH3 is 1. The highest BCUT2D eigenvalue weighted by Crippen LogP contribution is 2.25. The standard InChI is InChI=1S/C19H19NO2S/c1-22-19(21)4-2-3-13-23-18-11-9-17(10-12-18)16-7-5-15(14-20)6-8-16/h5-12H,2-4,13H2,1H3. The van der Waals surface area contributed by atoms with E-state index < -0.39 is 0 Å². The Kier molecular flexibility index (Phi) is 6.71. The summed E-state index contributed by atoms with van der Waals surface area (Å²) in [6, 6.07) is 18.1. The van der Waals surface area contributed by atoms with Gasteiger partial charge in [0.15, 0.2) is 0 Å². The molecule has 0 saturated heterocycles. The van der Waals surface area contributed by atoms with E-state index in [-0.39, 0.29) is 5.97 Å². The van der Waals surface area contributed by atoms with Gasteiger partial charge in [-0.2, -0.15) is 5.26 Å². The molecule has 0 amide bonds. The molecule has 0 bridgehead atoms. The van der Waals surface area contributed by atoms with Crippen molar-refractivity contribution in [3.05, 3.63) is 54.1 Å². The molecule has 23 heavy (non-hydrogen) atoms. The molecular formula is C19H19NO2S. The lowest BCUT2D eigenvalue weighted by atomic mass is 10.0. The molecule has 0 saturated carbocycles. The number of carbonyl (C=O) groups is 1. The monoisotopic (exact) mass is 325 g/mol. The van der Waals surface area contributed by atoms with Crippen LogP contribution in [0, 0.1) is 11.3 Å². The molecule has 2 rings (SSSR count). The van der Waals surface area contributed by atoms with Gasteiger partial charge in [0.2, 0.25) is 0 Å². The zero-order chi connectivity index (χ0) is 16.5. The first-order valence-electron chi connectivity index (χ1n) is 7.53. The summed E-state index contributed by atoms with van der Waals surface area (Å²) >= 11 is 1.79. The largest absolute Gasteiger partial charge is 0.469 e. The van der Waals surface area contributed by atoms with Crippen LogP contribution in [-0.2, 0) is 9.53 Å². The Morgan fingerprint density at radius 1 is 1.04 bits per heavy atom. The molecule has 0 unspecified atom stereocenters. The van der Waals surface area contributed by atoms with E-state index in [1.807, 2.05) is 24.3 Å². The van der Waals surface area contributed by atoms with Crippen LogP contribution in [0.25, 0.3) is 11.1 Å². The summed E-state index contributed by atoms with van der Waals surface area (Å²) < 4.78 is 4.62. The van der Waals surface area contributed by atoms with E-state index in [1.165, 1.54) is 12.0 Å². The van der Waals surface area contributed by atoms with Crippen molar-refractivity contribution in [3.8, 4) is 17.2 Å². The molecule has 4 heteroatoms. The number of esters is 1. The molecule has 0 radical (unpaired) electrons. The molecule has 118 valence electrons. The van der Waals surface area contributed by atoms with Crippen molar-refractivity contribution in [3.63, 3.8) is 0 Å². The van der Waals surface area contributed by atoms with E-state index in [0.717, 1.165) is 29.7 Å². The Morgan fingerprint density at radius 3 is 2.22 bits per heavy atom. The smallest absolute Gasteiger partial charge is 0.305 e. The van der Waals surface area contributed by atoms with Crippen LogP contribution in [0.2, 0.25) is 0 Å². The van der Waals surface area contributed by atoms with Gasteiger partial charge in [-0.05, 0) is 54.0 Å². The second kappa shape index (κ2) is 9.02. The second-order valence-corrected chi connectivity index (χ2v) is 6.26. The molecule has 0 spiro atoms. The minimum Gasteiger partial charge on any atom is -0.469 e. The van der Waals surface area contributed by atoms with Crippen molar-refractivity contribution in [1.29, 1.82) is 5.26 Å². The van der Waals surface area contributed by atoms with Gasteiger partial charge in [-0.15, -0.1) is 11.8 Å². The maximum atomic E-state index is 11.0. The number of benzene rings is 2. The van der Waals surface area contributed by atoms with Crippen molar-refractivity contribution in [2.24, 2.45) is 0 Å². The molecule has 2 aromatic carbocycles. The summed E-state index contributed by atoms with van der Waals surface area (Å²) in [5.41, 5.74) is 2.93. The van der Waals surface area contributed by atoms with Crippen LogP contribution in [0.1, 0.15) is 24.8 Å². The number of nitriles is 1. The fraction of sp³-hybridized carbons (Fsp3) is 0.263. The number of hydrogen-bond acceptors (Lipinski definition) is 4. The Morgan fingerprint density at radius 2 is 1.65 bits per heavy atom. The van der Waals surface area contributed by atoms with E-state index in [9.17, 15) is 4.79 Å². The molecule has 0 aliphatic carbocycles. The van der Waals surface area contributed by atoms with Crippen molar-refractivity contribution in [2.45, 2.75) is 24.2 Å². The highest BCUT2D eigenvalue weighted by molar-refractivity contribution is 7.99. The first-order chi connectivity index (χ1) is 11.2. The van der Waals surface area contributed by atoms with Crippen LogP contribution < -0.4 is 0 Å². The number of nitrogens with zero attached hydrogens (tertiary/aromatic N) is 1. The SMILES string of the molecule is COC(=O)CCCCSc1ccc(-c2ccc(C#N)cc2)cc1. The lowest BCUT2D eigenvalue weighted by Crippen LogP contribution is -1.99. The maximum absolute atomic E-state index is 11.0. The molecule has 0 N–H and O–H groups in total. The van der Waals surface area contributed by atoms with E-state index in [1.54, 1.807) is 11.8 Å². The van der Waals surface area contributed by atoms with Crippen molar-refractivity contribution in [2.75, 3.05) is 12.9 Å². The highest BCUT2D eigenvalue weighted by Gasteiger charge is 2.01. The van der Waals surface area contributed by atoms with Gasteiger partial charge in [0.05, 0.1) is 18.7 Å². The minimum absolute atomic E-state index is 0.137. The maximum Gasteiger partial charge on any atom is 0.305 e. The van der Waals surface area contributed by atoms with Crippen LogP contribution in [0.5, 0.6) is 0 Å². The van der Waals surface area contributed by atoms with Gasteiger partial charge in [-0.3, -0.25) is 4.79 Å². The zero-order valence-corrected chi connectivity index (χ0v) is 13.9.